The SMILES string of the molecule is CCC(C)=O.ClC(Cl)Cl.O=CO. The fourth-order valence-corrected chi connectivity index (χ4v) is 0. The smallest absolute Gasteiger partial charge is 0.290 e. The van der Waals surface area contributed by atoms with E-state index < -0.39 is 4.30 Å². The summed E-state index contributed by atoms with van der Waals surface area (Å²) in [5, 5.41) is 6.89. The summed E-state index contributed by atoms with van der Waals surface area (Å²) in [6.45, 7) is 3.18. The van der Waals surface area contributed by atoms with E-state index in [4.69, 9.17) is 44.7 Å². The maximum Gasteiger partial charge on any atom is 0.290 e. The highest BCUT2D eigenvalue weighted by molar-refractivity contribution is 6.63. The van der Waals surface area contributed by atoms with Crippen molar-refractivity contribution in [3.05, 3.63) is 0 Å². The van der Waals surface area contributed by atoms with Gasteiger partial charge in [0.2, 0.25) is 0 Å². The van der Waals surface area contributed by atoms with Crippen molar-refractivity contribution < 1.29 is 14.7 Å². The molecule has 0 amide bonds. The molecule has 0 aliphatic rings. The number of alkyl halides is 3. The molecule has 1 N–H and O–H groups in total. The molecule has 0 aromatic heterocycles. The van der Waals surface area contributed by atoms with Crippen LogP contribution in [0.4, 0.5) is 0 Å². The van der Waals surface area contributed by atoms with Gasteiger partial charge in [-0.3, -0.25) is 4.79 Å². The fourth-order valence-electron chi connectivity index (χ4n) is 0. The molecule has 0 aliphatic heterocycles. The Morgan fingerprint density at radius 1 is 1.50 bits per heavy atom. The van der Waals surface area contributed by atoms with Crippen LogP contribution in [0.1, 0.15) is 20.3 Å². The van der Waals surface area contributed by atoms with Gasteiger partial charge in [-0.15, -0.1) is 0 Å². The average molecular weight is 238 g/mol. The third-order valence-electron chi connectivity index (χ3n) is 0.498. The molecule has 0 bridgehead atoms. The van der Waals surface area contributed by atoms with Gasteiger partial charge < -0.3 is 9.90 Å². The molecule has 0 aliphatic carbocycles. The first-order chi connectivity index (χ1) is 5.42. The number of rotatable bonds is 1. The zero-order valence-corrected chi connectivity index (χ0v) is 9.03. The molecular weight excluding hydrogens is 226 g/mol. The van der Waals surface area contributed by atoms with Crippen LogP contribution in [0.25, 0.3) is 0 Å². The van der Waals surface area contributed by atoms with Gasteiger partial charge in [-0.05, 0) is 6.92 Å². The molecule has 12 heavy (non-hydrogen) atoms. The van der Waals surface area contributed by atoms with Crippen molar-refractivity contribution in [3.63, 3.8) is 0 Å². The molecular formula is C6H11Cl3O3. The highest BCUT2D eigenvalue weighted by Gasteiger charge is 1.79. The molecule has 0 rings (SSSR count). The first-order valence-electron chi connectivity index (χ1n) is 2.91. The number of carboxylic acid groups (broad SMARTS) is 1. The van der Waals surface area contributed by atoms with Crippen LogP contribution in [-0.4, -0.2) is 21.7 Å². The Bertz CT molecular complexity index is 103. The number of carbonyl (C=O) groups excluding carboxylic acids is 1. The zero-order valence-electron chi connectivity index (χ0n) is 6.76. The molecule has 0 fully saturated rings. The quantitative estimate of drug-likeness (QED) is 0.563. The second kappa shape index (κ2) is 17.2. The standard InChI is InChI=1S/C4H8O.CHCl3.CH2O2/c1-3-4(2)5;2-1(3)4;2-1-3/h3H2,1-2H3;1H;1H,(H,2,3). The van der Waals surface area contributed by atoms with Gasteiger partial charge >= 0.3 is 0 Å². The second-order valence-corrected chi connectivity index (χ2v) is 3.39. The molecule has 74 valence electrons. The minimum atomic E-state index is -0.750. The number of carbonyl (C=O) groups is 2. The third kappa shape index (κ3) is 201. The van der Waals surface area contributed by atoms with E-state index >= 15 is 0 Å². The number of hydrogen-bond acceptors (Lipinski definition) is 2. The van der Waals surface area contributed by atoms with Crippen LogP contribution in [0.15, 0.2) is 0 Å². The number of hydrogen-bond donors (Lipinski definition) is 1. The van der Waals surface area contributed by atoms with Crippen LogP contribution < -0.4 is 0 Å². The molecule has 0 aromatic carbocycles. The van der Waals surface area contributed by atoms with Crippen molar-refractivity contribution in [1.82, 2.24) is 0 Å². The summed E-state index contributed by atoms with van der Waals surface area (Å²) in [5.41, 5.74) is 0. The first-order valence-corrected chi connectivity index (χ1v) is 4.22. The van der Waals surface area contributed by atoms with E-state index in [1.807, 2.05) is 6.92 Å². The van der Waals surface area contributed by atoms with Crippen LogP contribution in [0.3, 0.4) is 0 Å². The zero-order chi connectivity index (χ0) is 10.6. The minimum Gasteiger partial charge on any atom is -0.483 e. The fraction of sp³-hybridized carbons (Fsp3) is 0.667. The van der Waals surface area contributed by atoms with E-state index in [-0.39, 0.29) is 12.3 Å². The van der Waals surface area contributed by atoms with E-state index in [0.29, 0.717) is 6.42 Å². The van der Waals surface area contributed by atoms with Gasteiger partial charge in [0.1, 0.15) is 5.78 Å². The van der Waals surface area contributed by atoms with Crippen LogP contribution in [0.2, 0.25) is 0 Å². The maximum atomic E-state index is 9.81. The Morgan fingerprint density at radius 2 is 1.58 bits per heavy atom. The summed E-state index contributed by atoms with van der Waals surface area (Å²) >= 11 is 14.4. The third-order valence-corrected chi connectivity index (χ3v) is 0.498. The molecule has 6 heteroatoms. The van der Waals surface area contributed by atoms with Gasteiger partial charge in [0.15, 0.2) is 4.30 Å². The van der Waals surface area contributed by atoms with Gasteiger partial charge in [0, 0.05) is 6.42 Å². The molecule has 3 nitrogen and oxygen atoms in total. The lowest BCUT2D eigenvalue weighted by molar-refractivity contribution is -0.123. The predicted octanol–water partition coefficient (Wildman–Crippen LogP) is 2.67. The summed E-state index contributed by atoms with van der Waals surface area (Å²) in [6, 6.07) is 0. The van der Waals surface area contributed by atoms with Crippen molar-refractivity contribution in [3.8, 4) is 0 Å². The molecule has 0 spiro atoms. The van der Waals surface area contributed by atoms with Crippen molar-refractivity contribution in [1.29, 1.82) is 0 Å². The van der Waals surface area contributed by atoms with Crippen molar-refractivity contribution in [2.24, 2.45) is 0 Å². The monoisotopic (exact) mass is 236 g/mol. The molecule has 0 heterocycles. The first kappa shape index (κ1) is 17.9. The van der Waals surface area contributed by atoms with Crippen LogP contribution in [-0.2, 0) is 9.59 Å². The van der Waals surface area contributed by atoms with Gasteiger partial charge in [-0.2, -0.15) is 0 Å². The summed E-state index contributed by atoms with van der Waals surface area (Å²) in [4.78, 5) is 18.2. The normalized spacial score (nSPS) is 7.17. The van der Waals surface area contributed by atoms with Crippen LogP contribution in [0, 0.1) is 0 Å². The Labute approximate surface area is 86.6 Å². The largest absolute Gasteiger partial charge is 0.483 e. The molecule has 0 saturated carbocycles. The van der Waals surface area contributed by atoms with E-state index in [0.717, 1.165) is 0 Å². The summed E-state index contributed by atoms with van der Waals surface area (Å²) in [7, 11) is 0. The van der Waals surface area contributed by atoms with E-state index in [1.54, 1.807) is 6.92 Å². The Balaban J connectivity index is -0.000000105. The number of ketones is 1. The molecule has 0 atom stereocenters. The topological polar surface area (TPSA) is 54.4 Å². The minimum absolute atomic E-state index is 0.250. The number of halogens is 3. The lowest BCUT2D eigenvalue weighted by Crippen LogP contribution is -1.80. The van der Waals surface area contributed by atoms with Crippen molar-refractivity contribution in [2.45, 2.75) is 24.6 Å². The Kier molecular flexibility index (Phi) is 25.7. The van der Waals surface area contributed by atoms with Crippen molar-refractivity contribution >= 4 is 47.1 Å². The van der Waals surface area contributed by atoms with Crippen LogP contribution in [0.5, 0.6) is 0 Å². The van der Waals surface area contributed by atoms with Gasteiger partial charge in [0.25, 0.3) is 6.47 Å². The lowest BCUT2D eigenvalue weighted by Gasteiger charge is -1.71. The second-order valence-electron chi connectivity index (χ2n) is 1.41. The van der Waals surface area contributed by atoms with E-state index in [9.17, 15) is 4.79 Å². The highest BCUT2D eigenvalue weighted by atomic mass is 35.6. The predicted molar refractivity (Wildman–Crippen MR) is 51.0 cm³/mol. The molecule has 0 unspecified atom stereocenters. The van der Waals surface area contributed by atoms with E-state index in [1.165, 1.54) is 0 Å². The average Bonchev–Trinajstić information content (AvgIpc) is 1.88. The molecule has 0 saturated heterocycles. The summed E-state index contributed by atoms with van der Waals surface area (Å²) in [5.74, 6) is 0.255. The molecule has 0 aromatic rings. The Hall–Kier alpha value is 0.01000. The maximum absolute atomic E-state index is 9.81. The highest BCUT2D eigenvalue weighted by Crippen LogP contribution is 2.03. The van der Waals surface area contributed by atoms with Crippen LogP contribution >= 0.6 is 34.8 Å². The van der Waals surface area contributed by atoms with Gasteiger partial charge in [0.05, 0.1) is 0 Å². The van der Waals surface area contributed by atoms with Gasteiger partial charge in [-0.1, -0.05) is 41.7 Å². The number of Topliss-reactive ketones (excluding diaryl/α,β-unsaturated/α-hetero) is 1. The lowest BCUT2D eigenvalue weighted by atomic mass is 10.4. The van der Waals surface area contributed by atoms with Crippen molar-refractivity contribution in [2.75, 3.05) is 0 Å². The Morgan fingerprint density at radius 3 is 1.58 bits per heavy atom. The summed E-state index contributed by atoms with van der Waals surface area (Å²) in [6.07, 6.45) is 0.667. The summed E-state index contributed by atoms with van der Waals surface area (Å²) < 4.78 is -0.750. The van der Waals surface area contributed by atoms with Gasteiger partial charge in [-0.25, -0.2) is 0 Å². The van der Waals surface area contributed by atoms with E-state index in [2.05, 4.69) is 0 Å². The molecule has 0 radical (unpaired) electrons.